The minimum atomic E-state index is -1.000. The highest BCUT2D eigenvalue weighted by molar-refractivity contribution is 6.04. The Morgan fingerprint density at radius 3 is 2.77 bits per heavy atom. The number of carbonyl (C=O) groups is 1. The lowest BCUT2D eigenvalue weighted by molar-refractivity contribution is -0.0881. The van der Waals surface area contributed by atoms with Crippen molar-refractivity contribution in [3.05, 3.63) is 60.3 Å². The van der Waals surface area contributed by atoms with Gasteiger partial charge in [0.1, 0.15) is 17.5 Å². The largest absolute Gasteiger partial charge is 0.486 e. The molecule has 1 saturated heterocycles. The van der Waals surface area contributed by atoms with Crippen LogP contribution in [-0.4, -0.2) is 50.9 Å². The molecule has 0 saturated carbocycles. The molecule has 0 aliphatic carbocycles. The number of piperidine rings is 1. The van der Waals surface area contributed by atoms with Gasteiger partial charge in [-0.25, -0.2) is 0 Å². The molecule has 6 nitrogen and oxygen atoms in total. The fourth-order valence-corrected chi connectivity index (χ4v) is 3.30. The fraction of sp³-hybridized carbons (Fsp3) is 0.300. The number of nitrogens with zero attached hydrogens (tertiary/aromatic N) is 2. The topological polar surface area (TPSA) is 78.5 Å². The van der Waals surface area contributed by atoms with E-state index >= 15 is 0 Å². The molecule has 1 aliphatic rings. The van der Waals surface area contributed by atoms with Crippen molar-refractivity contribution in [2.75, 3.05) is 13.1 Å². The monoisotopic (exact) mass is 351 g/mol. The number of hydrogen-bond acceptors (Lipinski definition) is 4. The van der Waals surface area contributed by atoms with Crippen LogP contribution in [0.4, 0.5) is 0 Å². The van der Waals surface area contributed by atoms with Gasteiger partial charge in [0, 0.05) is 11.9 Å². The third-order valence-corrected chi connectivity index (χ3v) is 4.95. The summed E-state index contributed by atoms with van der Waals surface area (Å²) < 4.78 is 5.98. The van der Waals surface area contributed by atoms with Crippen molar-refractivity contribution in [2.45, 2.75) is 25.0 Å². The van der Waals surface area contributed by atoms with Crippen molar-refractivity contribution < 1.29 is 14.6 Å². The first-order chi connectivity index (χ1) is 12.5. The van der Waals surface area contributed by atoms with Crippen LogP contribution in [0.1, 0.15) is 23.8 Å². The number of aromatic amines is 1. The van der Waals surface area contributed by atoms with Crippen molar-refractivity contribution >= 4 is 16.8 Å². The fourth-order valence-electron chi connectivity index (χ4n) is 3.30. The number of aromatic nitrogens is 2. The van der Waals surface area contributed by atoms with Gasteiger partial charge in [0.25, 0.3) is 5.91 Å². The number of likely N-dealkylation sites (tertiary alicyclic amines) is 1. The van der Waals surface area contributed by atoms with Crippen molar-refractivity contribution in [1.82, 2.24) is 15.1 Å². The molecule has 1 aromatic heterocycles. The molecule has 6 heteroatoms. The number of H-pyrrole nitrogens is 1. The van der Waals surface area contributed by atoms with Crippen LogP contribution < -0.4 is 4.74 Å². The van der Waals surface area contributed by atoms with Gasteiger partial charge in [0.05, 0.1) is 12.1 Å². The number of hydrogen-bond donors (Lipinski definition) is 2. The predicted molar refractivity (Wildman–Crippen MR) is 98.1 cm³/mol. The van der Waals surface area contributed by atoms with Crippen molar-refractivity contribution in [2.24, 2.45) is 0 Å². The molecule has 1 fully saturated rings. The maximum Gasteiger partial charge on any atom is 0.275 e. The summed E-state index contributed by atoms with van der Waals surface area (Å²) >= 11 is 0. The van der Waals surface area contributed by atoms with Gasteiger partial charge in [-0.3, -0.25) is 9.89 Å². The molecule has 2 N–H and O–H groups in total. The summed E-state index contributed by atoms with van der Waals surface area (Å²) in [6.07, 6.45) is -0.0636. The molecule has 134 valence electrons. The maximum atomic E-state index is 13.0. The molecular weight excluding hydrogens is 330 g/mol. The van der Waals surface area contributed by atoms with Gasteiger partial charge < -0.3 is 14.7 Å². The normalized spacial score (nSPS) is 23.2. The Kier molecular flexibility index (Phi) is 4.12. The molecule has 0 radical (unpaired) electrons. The lowest BCUT2D eigenvalue weighted by atomic mass is 9.90. The van der Waals surface area contributed by atoms with Gasteiger partial charge in [0.2, 0.25) is 0 Å². The molecule has 2 heterocycles. The van der Waals surface area contributed by atoms with Crippen LogP contribution >= 0.6 is 0 Å². The van der Waals surface area contributed by atoms with Gasteiger partial charge in [-0.15, -0.1) is 0 Å². The molecule has 4 rings (SSSR count). The summed E-state index contributed by atoms with van der Waals surface area (Å²) in [7, 11) is 0. The van der Waals surface area contributed by atoms with Crippen LogP contribution in [0.5, 0.6) is 5.75 Å². The van der Waals surface area contributed by atoms with E-state index in [2.05, 4.69) is 10.2 Å². The van der Waals surface area contributed by atoms with Crippen LogP contribution in [0.25, 0.3) is 10.9 Å². The molecule has 0 bridgehead atoms. The minimum absolute atomic E-state index is 0.153. The second kappa shape index (κ2) is 6.46. The number of para-hydroxylation sites is 2. The van der Waals surface area contributed by atoms with Crippen LogP contribution in [0.2, 0.25) is 0 Å². The van der Waals surface area contributed by atoms with Gasteiger partial charge >= 0.3 is 0 Å². The number of fused-ring (bicyclic) bond motifs is 1. The Balaban J connectivity index is 1.56. The average molecular weight is 351 g/mol. The number of rotatable bonds is 3. The highest BCUT2D eigenvalue weighted by Gasteiger charge is 2.41. The number of amides is 1. The highest BCUT2D eigenvalue weighted by Crippen LogP contribution is 2.28. The second-order valence-electron chi connectivity index (χ2n) is 6.90. The summed E-state index contributed by atoms with van der Waals surface area (Å²) in [5.41, 5.74) is 0.234. The van der Waals surface area contributed by atoms with Gasteiger partial charge in [0.15, 0.2) is 5.69 Å². The summed E-state index contributed by atoms with van der Waals surface area (Å²) in [4.78, 5) is 14.7. The van der Waals surface area contributed by atoms with Crippen molar-refractivity contribution in [3.8, 4) is 5.75 Å². The zero-order valence-electron chi connectivity index (χ0n) is 14.6. The second-order valence-corrected chi connectivity index (χ2v) is 6.90. The molecule has 0 spiro atoms. The van der Waals surface area contributed by atoms with Crippen LogP contribution in [0.3, 0.4) is 0 Å². The van der Waals surface area contributed by atoms with Crippen LogP contribution in [0.15, 0.2) is 54.6 Å². The van der Waals surface area contributed by atoms with Crippen molar-refractivity contribution in [3.63, 3.8) is 0 Å². The first-order valence-electron chi connectivity index (χ1n) is 8.71. The number of ether oxygens (including phenoxy) is 1. The quantitative estimate of drug-likeness (QED) is 0.760. The highest BCUT2D eigenvalue weighted by atomic mass is 16.5. The van der Waals surface area contributed by atoms with E-state index in [9.17, 15) is 9.90 Å². The van der Waals surface area contributed by atoms with E-state index in [-0.39, 0.29) is 5.91 Å². The lowest BCUT2D eigenvalue weighted by Crippen LogP contribution is -2.57. The Hall–Kier alpha value is -2.86. The first-order valence-corrected chi connectivity index (χ1v) is 8.71. The molecule has 26 heavy (non-hydrogen) atoms. The standard InChI is InChI=1S/C20H21N3O3/c1-20(25)11-12-23(13-17(20)26-14-7-3-2-4-8-14)19(24)18-15-9-5-6-10-16(15)21-22-18/h2-10,17,25H,11-13H2,1H3,(H,21,22)/t17-,20-/m1/s1. The van der Waals surface area contributed by atoms with E-state index in [4.69, 9.17) is 4.74 Å². The third kappa shape index (κ3) is 3.04. The summed E-state index contributed by atoms with van der Waals surface area (Å²) in [6, 6.07) is 16.9. The lowest BCUT2D eigenvalue weighted by Gasteiger charge is -2.42. The van der Waals surface area contributed by atoms with E-state index < -0.39 is 11.7 Å². The maximum absolute atomic E-state index is 13.0. The summed E-state index contributed by atoms with van der Waals surface area (Å²) in [6.45, 7) is 2.52. The SMILES string of the molecule is C[C@@]1(O)CCN(C(=O)c2n[nH]c3ccccc23)C[C@H]1Oc1ccccc1. The molecule has 3 aromatic rings. The Labute approximate surface area is 151 Å². The van der Waals surface area contributed by atoms with Crippen LogP contribution in [-0.2, 0) is 0 Å². The number of nitrogens with one attached hydrogen (secondary N) is 1. The zero-order valence-corrected chi connectivity index (χ0v) is 14.6. The number of carbonyl (C=O) groups excluding carboxylic acids is 1. The summed E-state index contributed by atoms with van der Waals surface area (Å²) in [5.74, 6) is 0.525. The molecule has 2 atom stereocenters. The van der Waals surface area contributed by atoms with Crippen molar-refractivity contribution in [1.29, 1.82) is 0 Å². The summed E-state index contributed by atoms with van der Waals surface area (Å²) in [5, 5.41) is 18.6. The molecule has 1 aliphatic heterocycles. The molecular formula is C20H21N3O3. The molecule has 1 amide bonds. The van der Waals surface area contributed by atoms with E-state index in [1.807, 2.05) is 54.6 Å². The smallest absolute Gasteiger partial charge is 0.275 e. The molecule has 0 unspecified atom stereocenters. The third-order valence-electron chi connectivity index (χ3n) is 4.95. The van der Waals surface area contributed by atoms with Gasteiger partial charge in [-0.2, -0.15) is 5.10 Å². The van der Waals surface area contributed by atoms with E-state index in [1.54, 1.807) is 11.8 Å². The number of aliphatic hydroxyl groups is 1. The van der Waals surface area contributed by atoms with E-state index in [0.29, 0.717) is 31.0 Å². The predicted octanol–water partition coefficient (Wildman–Crippen LogP) is 2.61. The van der Waals surface area contributed by atoms with Crippen LogP contribution in [0, 0.1) is 0 Å². The Morgan fingerprint density at radius 1 is 1.23 bits per heavy atom. The number of benzene rings is 2. The van der Waals surface area contributed by atoms with E-state index in [0.717, 1.165) is 10.9 Å². The Morgan fingerprint density at radius 2 is 1.96 bits per heavy atom. The van der Waals surface area contributed by atoms with Gasteiger partial charge in [-0.05, 0) is 31.5 Å². The first kappa shape index (κ1) is 16.6. The molecule has 2 aromatic carbocycles. The zero-order chi connectivity index (χ0) is 18.1. The van der Waals surface area contributed by atoms with Gasteiger partial charge in [-0.1, -0.05) is 36.4 Å². The Bertz CT molecular complexity index is 920. The van der Waals surface area contributed by atoms with E-state index in [1.165, 1.54) is 0 Å². The minimum Gasteiger partial charge on any atom is -0.486 e. The average Bonchev–Trinajstić information content (AvgIpc) is 3.08.